The number of hydrogen-bond acceptors (Lipinski definition) is 7. The molecule has 11 heteroatoms. The van der Waals surface area contributed by atoms with E-state index in [0.29, 0.717) is 22.4 Å². The van der Waals surface area contributed by atoms with E-state index < -0.39 is 23.6 Å². The standard InChI is InChI=1S/C39H52N4O7/c1-37(2,3)27-21-29(26-15-17-38(4,5)18-16-26)40-30-22-31(50-33(27)30)34(45)43-20-19-42(24-39(43,6)7)32(44)14-13-28(35(46)47)41-36(48)49-23-25-11-9-8-10-12-25/h8-12,21-22,26,28H,13-20,23-24H2,1-7H3,(H,41,48)(H,46,47). The van der Waals surface area contributed by atoms with E-state index in [0.717, 1.165) is 42.5 Å². The van der Waals surface area contributed by atoms with Crippen LogP contribution < -0.4 is 5.32 Å². The summed E-state index contributed by atoms with van der Waals surface area (Å²) in [6, 6.07) is 11.7. The summed E-state index contributed by atoms with van der Waals surface area (Å²) in [7, 11) is 0. The van der Waals surface area contributed by atoms with Gasteiger partial charge in [-0.15, -0.1) is 0 Å². The van der Waals surface area contributed by atoms with Gasteiger partial charge in [-0.25, -0.2) is 14.6 Å². The van der Waals surface area contributed by atoms with Gasteiger partial charge in [0, 0.05) is 49.3 Å². The van der Waals surface area contributed by atoms with E-state index in [2.05, 4.69) is 46.0 Å². The quantitative estimate of drug-likeness (QED) is 0.244. The molecule has 3 heterocycles. The molecule has 270 valence electrons. The van der Waals surface area contributed by atoms with Gasteiger partial charge in [0.1, 0.15) is 18.2 Å². The predicted molar refractivity (Wildman–Crippen MR) is 190 cm³/mol. The van der Waals surface area contributed by atoms with Crippen LogP contribution in [0.15, 0.2) is 46.9 Å². The molecule has 2 aromatic heterocycles. The summed E-state index contributed by atoms with van der Waals surface area (Å²) in [5, 5.41) is 12.0. The Bertz CT molecular complexity index is 1710. The van der Waals surface area contributed by atoms with Gasteiger partial charge in [-0.1, -0.05) is 65.0 Å². The van der Waals surface area contributed by atoms with E-state index in [1.54, 1.807) is 28.0 Å². The molecule has 2 aliphatic rings. The van der Waals surface area contributed by atoms with Crippen molar-refractivity contribution in [3.63, 3.8) is 0 Å². The van der Waals surface area contributed by atoms with E-state index in [1.807, 2.05) is 32.0 Å². The molecule has 1 aliphatic heterocycles. The lowest BCUT2D eigenvalue weighted by Crippen LogP contribution is -2.62. The number of amides is 3. The van der Waals surface area contributed by atoms with Crippen LogP contribution in [0.3, 0.4) is 0 Å². The number of benzene rings is 1. The molecule has 50 heavy (non-hydrogen) atoms. The van der Waals surface area contributed by atoms with Crippen LogP contribution in [0.2, 0.25) is 0 Å². The maximum Gasteiger partial charge on any atom is 0.408 e. The van der Waals surface area contributed by atoms with Crippen molar-refractivity contribution in [2.24, 2.45) is 5.41 Å². The summed E-state index contributed by atoms with van der Waals surface area (Å²) < 4.78 is 11.5. The molecule has 11 nitrogen and oxygen atoms in total. The topological polar surface area (TPSA) is 142 Å². The van der Waals surface area contributed by atoms with Crippen molar-refractivity contribution in [3.05, 3.63) is 65.0 Å². The first-order valence-corrected chi connectivity index (χ1v) is 17.7. The van der Waals surface area contributed by atoms with Gasteiger partial charge in [0.15, 0.2) is 11.3 Å². The number of pyridine rings is 1. The SMILES string of the molecule is CC1(C)CCC(c2cc(C(C)(C)C)c3oc(C(=O)N4CCN(C(=O)CCC(NC(=O)OCc5ccccc5)C(=O)O)CC4(C)C)cc3n2)CC1. The maximum atomic E-state index is 14.0. The van der Waals surface area contributed by atoms with Crippen molar-refractivity contribution in [2.75, 3.05) is 19.6 Å². The van der Waals surface area contributed by atoms with E-state index in [1.165, 1.54) is 0 Å². The Morgan fingerprint density at radius 2 is 1.72 bits per heavy atom. The summed E-state index contributed by atoms with van der Waals surface area (Å²) in [6.07, 6.45) is 3.42. The fraction of sp³-hybridized carbons (Fsp3) is 0.564. The molecule has 1 saturated heterocycles. The molecule has 1 unspecified atom stereocenters. The monoisotopic (exact) mass is 688 g/mol. The van der Waals surface area contributed by atoms with Crippen LogP contribution in [0.1, 0.15) is 120 Å². The second-order valence-electron chi connectivity index (χ2n) is 16.3. The molecule has 0 spiro atoms. The van der Waals surface area contributed by atoms with Gasteiger partial charge in [0.2, 0.25) is 5.91 Å². The lowest BCUT2D eigenvalue weighted by Gasteiger charge is -2.46. The minimum atomic E-state index is -1.29. The van der Waals surface area contributed by atoms with E-state index in [9.17, 15) is 24.3 Å². The van der Waals surface area contributed by atoms with Gasteiger partial charge in [0.05, 0.1) is 5.54 Å². The Labute approximate surface area is 294 Å². The molecule has 2 N–H and O–H groups in total. The van der Waals surface area contributed by atoms with Crippen LogP contribution in [0.5, 0.6) is 0 Å². The number of rotatable bonds is 9. The number of nitrogens with zero attached hydrogens (tertiary/aromatic N) is 3. The first kappa shape index (κ1) is 36.9. The Morgan fingerprint density at radius 1 is 1.04 bits per heavy atom. The number of carboxylic acids is 1. The van der Waals surface area contributed by atoms with Gasteiger partial charge < -0.3 is 29.4 Å². The zero-order valence-corrected chi connectivity index (χ0v) is 30.5. The number of aliphatic carboxylic acids is 1. The first-order chi connectivity index (χ1) is 23.4. The van der Waals surface area contributed by atoms with Crippen LogP contribution in [-0.2, 0) is 26.3 Å². The van der Waals surface area contributed by atoms with E-state index >= 15 is 0 Å². The van der Waals surface area contributed by atoms with Crippen LogP contribution >= 0.6 is 0 Å². The zero-order chi connectivity index (χ0) is 36.4. The lowest BCUT2D eigenvalue weighted by molar-refractivity contribution is -0.140. The molecule has 0 radical (unpaired) electrons. The number of carbonyl (C=O) groups is 4. The fourth-order valence-corrected chi connectivity index (χ4v) is 7.08. The van der Waals surface area contributed by atoms with Crippen molar-refractivity contribution >= 4 is 35.0 Å². The summed E-state index contributed by atoms with van der Waals surface area (Å²) in [4.78, 5) is 59.8. The molecule has 1 aliphatic carbocycles. The molecule has 3 aromatic rings. The number of furan rings is 1. The largest absolute Gasteiger partial charge is 0.480 e. The van der Waals surface area contributed by atoms with E-state index in [4.69, 9.17) is 14.1 Å². The molecule has 0 bridgehead atoms. The highest BCUT2D eigenvalue weighted by Gasteiger charge is 2.40. The highest BCUT2D eigenvalue weighted by molar-refractivity contribution is 5.96. The van der Waals surface area contributed by atoms with Gasteiger partial charge >= 0.3 is 12.1 Å². The number of alkyl carbamates (subject to hydrolysis) is 1. The Balaban J connectivity index is 1.22. The third-order valence-electron chi connectivity index (χ3n) is 10.2. The predicted octanol–water partition coefficient (Wildman–Crippen LogP) is 7.03. The molecular weight excluding hydrogens is 636 g/mol. The summed E-state index contributed by atoms with van der Waals surface area (Å²) in [6.45, 7) is 15.7. The number of fused-ring (bicyclic) bond motifs is 1. The van der Waals surface area contributed by atoms with Crippen LogP contribution in [-0.4, -0.2) is 75.0 Å². The normalized spacial score (nSPS) is 18.5. The first-order valence-electron chi connectivity index (χ1n) is 17.7. The number of carbonyl (C=O) groups excluding carboxylic acids is 3. The summed E-state index contributed by atoms with van der Waals surface area (Å²) >= 11 is 0. The number of nitrogens with one attached hydrogen (secondary N) is 1. The van der Waals surface area contributed by atoms with E-state index in [-0.39, 0.29) is 62.1 Å². The van der Waals surface area contributed by atoms with Crippen LogP contribution in [0, 0.1) is 5.41 Å². The molecule has 1 atom stereocenters. The fourth-order valence-electron chi connectivity index (χ4n) is 7.08. The third kappa shape index (κ3) is 8.65. The minimum absolute atomic E-state index is 0.00155. The Morgan fingerprint density at radius 3 is 2.34 bits per heavy atom. The van der Waals surface area contributed by atoms with Gasteiger partial charge in [-0.3, -0.25) is 9.59 Å². The highest BCUT2D eigenvalue weighted by Crippen LogP contribution is 2.43. The number of ether oxygens (including phenoxy) is 1. The maximum absolute atomic E-state index is 14.0. The molecule has 1 saturated carbocycles. The number of hydrogen-bond donors (Lipinski definition) is 2. The van der Waals surface area contributed by atoms with Gasteiger partial charge in [-0.05, 0) is 68.4 Å². The Kier molecular flexibility index (Phi) is 10.6. The summed E-state index contributed by atoms with van der Waals surface area (Å²) in [5.74, 6) is -1.17. The molecule has 5 rings (SSSR count). The second-order valence-corrected chi connectivity index (χ2v) is 16.3. The molecule has 1 aromatic carbocycles. The molecule has 2 fully saturated rings. The lowest BCUT2D eigenvalue weighted by atomic mass is 9.72. The van der Waals surface area contributed by atoms with Crippen LogP contribution in [0.25, 0.3) is 11.1 Å². The minimum Gasteiger partial charge on any atom is -0.480 e. The summed E-state index contributed by atoms with van der Waals surface area (Å²) in [5.41, 5.74) is 3.60. The van der Waals surface area contributed by atoms with Crippen LogP contribution in [0.4, 0.5) is 4.79 Å². The molecule has 3 amide bonds. The van der Waals surface area contributed by atoms with Crippen molar-refractivity contribution in [1.29, 1.82) is 0 Å². The highest BCUT2D eigenvalue weighted by atomic mass is 16.5. The number of piperazine rings is 1. The van der Waals surface area contributed by atoms with Gasteiger partial charge in [-0.2, -0.15) is 0 Å². The second kappa shape index (κ2) is 14.4. The van der Waals surface area contributed by atoms with Crippen molar-refractivity contribution in [2.45, 2.75) is 117 Å². The van der Waals surface area contributed by atoms with Gasteiger partial charge in [0.25, 0.3) is 5.91 Å². The van der Waals surface area contributed by atoms with Crippen molar-refractivity contribution in [1.82, 2.24) is 20.1 Å². The number of carboxylic acid groups (broad SMARTS) is 1. The zero-order valence-electron chi connectivity index (χ0n) is 30.5. The Hall–Kier alpha value is -4.41. The third-order valence-corrected chi connectivity index (χ3v) is 10.2. The smallest absolute Gasteiger partial charge is 0.408 e. The molecular formula is C39H52N4O7. The average molecular weight is 689 g/mol. The average Bonchev–Trinajstić information content (AvgIpc) is 3.48. The number of aromatic nitrogens is 1. The van der Waals surface area contributed by atoms with Crippen molar-refractivity contribution < 1.29 is 33.4 Å². The van der Waals surface area contributed by atoms with Crippen molar-refractivity contribution in [3.8, 4) is 0 Å².